The van der Waals surface area contributed by atoms with Crippen LogP contribution >= 0.6 is 0 Å². The zero-order valence-electron chi connectivity index (χ0n) is 6.37. The van der Waals surface area contributed by atoms with Crippen LogP contribution in [0.15, 0.2) is 0 Å². The Balaban J connectivity index is 2.73. The summed E-state index contributed by atoms with van der Waals surface area (Å²) in [5, 5.41) is 18.1. The summed E-state index contributed by atoms with van der Waals surface area (Å²) in [6, 6.07) is 0. The summed E-state index contributed by atoms with van der Waals surface area (Å²) in [5.41, 5.74) is 0. The van der Waals surface area contributed by atoms with Gasteiger partial charge in [-0.05, 0) is 6.92 Å². The monoisotopic (exact) mass is 198 g/mol. The second kappa shape index (κ2) is 3.27. The average Bonchev–Trinajstić information content (AvgIpc) is 1.94. The van der Waals surface area contributed by atoms with Gasteiger partial charge in [-0.15, -0.1) is 0 Å². The van der Waals surface area contributed by atoms with Gasteiger partial charge in [0.1, 0.15) is 12.2 Å². The molecule has 0 aromatic carbocycles. The van der Waals surface area contributed by atoms with Gasteiger partial charge in [0.05, 0.1) is 12.7 Å². The molecule has 7 heteroatoms. The fourth-order valence-corrected chi connectivity index (χ4v) is 1.80. The van der Waals surface area contributed by atoms with Crippen LogP contribution in [0.2, 0.25) is 0 Å². The van der Waals surface area contributed by atoms with Crippen LogP contribution in [-0.4, -0.2) is 43.5 Å². The van der Waals surface area contributed by atoms with E-state index in [0.29, 0.717) is 0 Å². The quantitative estimate of drug-likeness (QED) is 0.526. The molecule has 1 heterocycles. The smallest absolute Gasteiger partial charge is 0.391 e. The highest BCUT2D eigenvalue weighted by atomic mass is 32.3. The molecular formula is C5H10O6S. The summed E-state index contributed by atoms with van der Waals surface area (Å²) in [5.74, 6) is 0. The largest absolute Gasteiger partial charge is 0.400 e. The summed E-state index contributed by atoms with van der Waals surface area (Å²) < 4.78 is 29.7. The Labute approximate surface area is 70.1 Å². The van der Waals surface area contributed by atoms with E-state index in [0.717, 1.165) is 0 Å². The lowest BCUT2D eigenvalue weighted by Crippen LogP contribution is -2.47. The van der Waals surface area contributed by atoms with Crippen molar-refractivity contribution in [1.29, 1.82) is 0 Å². The fourth-order valence-electron chi connectivity index (χ4n) is 0.878. The van der Waals surface area contributed by atoms with Crippen LogP contribution in [0.1, 0.15) is 6.92 Å². The third-order valence-corrected chi connectivity index (χ3v) is 2.35. The van der Waals surface area contributed by atoms with Gasteiger partial charge in [0, 0.05) is 0 Å². The summed E-state index contributed by atoms with van der Waals surface area (Å²) in [7, 11) is -4.03. The van der Waals surface area contributed by atoms with E-state index in [1.165, 1.54) is 6.92 Å². The van der Waals surface area contributed by atoms with Crippen LogP contribution in [0.3, 0.4) is 0 Å². The molecule has 0 aliphatic carbocycles. The Bertz CT molecular complexity index is 245. The van der Waals surface area contributed by atoms with Crippen molar-refractivity contribution in [3.05, 3.63) is 0 Å². The minimum absolute atomic E-state index is 0.377. The van der Waals surface area contributed by atoms with Crippen molar-refractivity contribution in [1.82, 2.24) is 0 Å². The van der Waals surface area contributed by atoms with Crippen molar-refractivity contribution >= 4 is 10.4 Å². The maximum absolute atomic E-state index is 10.6. The highest BCUT2D eigenvalue weighted by Crippen LogP contribution is 2.16. The maximum Gasteiger partial charge on any atom is 0.400 e. The molecular weight excluding hydrogens is 188 g/mol. The van der Waals surface area contributed by atoms with E-state index in [9.17, 15) is 8.42 Å². The fraction of sp³-hybridized carbons (Fsp3) is 1.00. The molecule has 0 saturated carbocycles. The molecule has 1 aliphatic rings. The summed E-state index contributed by atoms with van der Waals surface area (Å²) in [6.45, 7) is 0.951. The molecule has 0 bridgehead atoms. The van der Waals surface area contributed by atoms with Crippen molar-refractivity contribution in [3.8, 4) is 0 Å². The molecule has 0 amide bonds. The number of aliphatic hydroxyl groups excluding tert-OH is 2. The van der Waals surface area contributed by atoms with E-state index >= 15 is 0 Å². The van der Waals surface area contributed by atoms with Crippen LogP contribution in [0.5, 0.6) is 0 Å². The highest BCUT2D eigenvalue weighted by Gasteiger charge is 2.36. The van der Waals surface area contributed by atoms with Gasteiger partial charge < -0.3 is 10.2 Å². The van der Waals surface area contributed by atoms with E-state index in [1.54, 1.807) is 0 Å². The predicted molar refractivity (Wildman–Crippen MR) is 37.4 cm³/mol. The number of hydrogen-bond acceptors (Lipinski definition) is 6. The summed E-state index contributed by atoms with van der Waals surface area (Å²) in [4.78, 5) is 0. The molecule has 0 aromatic heterocycles. The molecule has 2 N–H and O–H groups in total. The first-order chi connectivity index (χ1) is 5.42. The normalized spacial score (nSPS) is 37.6. The molecule has 6 nitrogen and oxygen atoms in total. The molecule has 0 radical (unpaired) electrons. The molecule has 0 aromatic rings. The highest BCUT2D eigenvalue weighted by molar-refractivity contribution is 7.81. The molecule has 3 unspecified atom stereocenters. The molecule has 72 valence electrons. The lowest BCUT2D eigenvalue weighted by atomic mass is 10.1. The van der Waals surface area contributed by atoms with E-state index in [1.807, 2.05) is 0 Å². The lowest BCUT2D eigenvalue weighted by Gasteiger charge is -2.28. The molecule has 1 fully saturated rings. The van der Waals surface area contributed by atoms with Gasteiger partial charge in [-0.3, -0.25) is 0 Å². The number of rotatable bonds is 1. The first kappa shape index (κ1) is 9.87. The number of aliphatic hydroxyl groups is 2. The van der Waals surface area contributed by atoms with E-state index in [4.69, 9.17) is 10.2 Å². The van der Waals surface area contributed by atoms with Gasteiger partial charge in [0.25, 0.3) is 0 Å². The summed E-state index contributed by atoms with van der Waals surface area (Å²) in [6.07, 6.45) is -3.31. The molecule has 1 aliphatic heterocycles. The first-order valence-corrected chi connectivity index (χ1v) is 4.69. The Morgan fingerprint density at radius 3 is 2.58 bits per heavy atom. The van der Waals surface area contributed by atoms with E-state index < -0.39 is 28.7 Å². The van der Waals surface area contributed by atoms with Gasteiger partial charge in [-0.1, -0.05) is 0 Å². The molecule has 1 saturated heterocycles. The number of hydrogen-bond donors (Lipinski definition) is 2. The second-order valence-electron chi connectivity index (χ2n) is 2.56. The molecule has 1 rings (SSSR count). The van der Waals surface area contributed by atoms with Crippen molar-refractivity contribution in [2.75, 3.05) is 6.61 Å². The SMILES string of the molecule is CC(O)C1OS(=O)(=O)OCC1O. The van der Waals surface area contributed by atoms with Gasteiger partial charge in [0.15, 0.2) is 0 Å². The van der Waals surface area contributed by atoms with Crippen LogP contribution in [-0.2, 0) is 18.8 Å². The Hall–Kier alpha value is -0.210. The van der Waals surface area contributed by atoms with Crippen LogP contribution in [0, 0.1) is 0 Å². The van der Waals surface area contributed by atoms with Crippen LogP contribution in [0.25, 0.3) is 0 Å². The van der Waals surface area contributed by atoms with Gasteiger partial charge in [0.2, 0.25) is 0 Å². The maximum atomic E-state index is 10.6. The first-order valence-electron chi connectivity index (χ1n) is 3.36. The zero-order chi connectivity index (χ0) is 9.35. The molecule has 0 spiro atoms. The Morgan fingerprint density at radius 2 is 2.17 bits per heavy atom. The van der Waals surface area contributed by atoms with E-state index in [2.05, 4.69) is 8.37 Å². The second-order valence-corrected chi connectivity index (χ2v) is 3.81. The summed E-state index contributed by atoms with van der Waals surface area (Å²) >= 11 is 0. The predicted octanol–water partition coefficient (Wildman–Crippen LogP) is -1.61. The standard InChI is InChI=1S/C5H10O6S/c1-3(6)5-4(7)2-10-12(8,9)11-5/h3-7H,2H2,1H3. The minimum Gasteiger partial charge on any atom is -0.391 e. The molecule has 3 atom stereocenters. The third kappa shape index (κ3) is 2.14. The molecule has 12 heavy (non-hydrogen) atoms. The van der Waals surface area contributed by atoms with Gasteiger partial charge in [-0.2, -0.15) is 8.42 Å². The minimum atomic E-state index is -4.03. The van der Waals surface area contributed by atoms with Crippen molar-refractivity contribution in [2.45, 2.75) is 25.2 Å². The van der Waals surface area contributed by atoms with Gasteiger partial charge in [-0.25, -0.2) is 8.37 Å². The van der Waals surface area contributed by atoms with E-state index in [-0.39, 0.29) is 6.61 Å². The Morgan fingerprint density at radius 1 is 1.58 bits per heavy atom. The van der Waals surface area contributed by atoms with Gasteiger partial charge >= 0.3 is 10.4 Å². The van der Waals surface area contributed by atoms with Crippen molar-refractivity contribution in [3.63, 3.8) is 0 Å². The van der Waals surface area contributed by atoms with Crippen molar-refractivity contribution < 1.29 is 27.0 Å². The Kier molecular flexibility index (Phi) is 2.69. The van der Waals surface area contributed by atoms with Crippen LogP contribution in [0.4, 0.5) is 0 Å². The average molecular weight is 198 g/mol. The zero-order valence-corrected chi connectivity index (χ0v) is 7.19. The lowest BCUT2D eigenvalue weighted by molar-refractivity contribution is -0.0807. The van der Waals surface area contributed by atoms with Crippen molar-refractivity contribution in [2.24, 2.45) is 0 Å². The van der Waals surface area contributed by atoms with Crippen LogP contribution < -0.4 is 0 Å². The third-order valence-electron chi connectivity index (χ3n) is 1.47. The topological polar surface area (TPSA) is 93.1 Å².